The Labute approximate surface area is 44.9 Å². The van der Waals surface area contributed by atoms with E-state index in [0.29, 0.717) is 0 Å². The van der Waals surface area contributed by atoms with Crippen molar-refractivity contribution in [1.82, 2.24) is 0 Å². The van der Waals surface area contributed by atoms with E-state index in [1.54, 1.807) is 0 Å². The van der Waals surface area contributed by atoms with Crippen LogP contribution < -0.4 is 0 Å². The number of carbonyl (C=O) groups is 2. The highest BCUT2D eigenvalue weighted by Gasteiger charge is 2.09. The molecule has 0 fully saturated rings. The van der Waals surface area contributed by atoms with Gasteiger partial charge in [0.25, 0.3) is 0 Å². The third-order valence-corrected chi connectivity index (χ3v) is 0.409. The van der Waals surface area contributed by atoms with E-state index in [4.69, 9.17) is 10.5 Å². The summed E-state index contributed by atoms with van der Waals surface area (Å²) in [6, 6.07) is 2.01. The molecule has 38 valence electrons. The molecule has 4 heteroatoms. The lowest BCUT2D eigenvalue weighted by Gasteiger charge is -1.67. The van der Waals surface area contributed by atoms with Crippen molar-refractivity contribution in [2.75, 3.05) is 0 Å². The predicted molar refractivity (Wildman–Crippen MR) is 21.2 cm³/mol. The first-order chi connectivity index (χ1) is 3.72. The molecule has 0 aromatic rings. The number of rotatable bonds is 1. The molecule has 0 aliphatic rings. The first-order valence-electron chi connectivity index (χ1n) is 1.61. The number of carbonyl (C=O) groups excluding carboxylic acids is 2. The second-order valence-corrected chi connectivity index (χ2v) is 0.882. The Bertz CT molecular complexity index is 181. The summed E-state index contributed by atoms with van der Waals surface area (Å²) in [5.41, 5.74) is 0. The highest BCUT2D eigenvalue weighted by atomic mass is 16.2. The number of ketones is 2. The number of Topliss-reactive ketones (excluding diaryl/α,β-unsaturated/α-hetero) is 2. The SMILES string of the molecule is N#CC(=O)C(=O)C#N. The molecule has 0 aromatic carbocycles. The molecular weight excluding hydrogens is 108 g/mol. The summed E-state index contributed by atoms with van der Waals surface area (Å²) in [6.07, 6.45) is 0. The summed E-state index contributed by atoms with van der Waals surface area (Å²) < 4.78 is 0. The lowest BCUT2D eigenvalue weighted by molar-refractivity contribution is -0.130. The largest absolute Gasteiger partial charge is 0.312 e. The fraction of sp³-hybridized carbons (Fsp3) is 0. The number of nitrogens with zero attached hydrogens (tertiary/aromatic N) is 2. The van der Waals surface area contributed by atoms with E-state index >= 15 is 0 Å². The van der Waals surface area contributed by atoms with Gasteiger partial charge >= 0.3 is 11.6 Å². The predicted octanol–water partition coefficient (Wildman–Crippen LogP) is -0.828. The highest BCUT2D eigenvalue weighted by molar-refractivity contribution is 6.48. The molecule has 0 rings (SSSR count). The molecule has 0 spiro atoms. The van der Waals surface area contributed by atoms with E-state index in [1.807, 2.05) is 0 Å². The van der Waals surface area contributed by atoms with Gasteiger partial charge in [0.1, 0.15) is 12.1 Å². The standard InChI is InChI=1S/C4N2O2/c5-1-3(7)4(8)2-6. The maximum absolute atomic E-state index is 9.81. The Morgan fingerprint density at radius 2 is 1.25 bits per heavy atom. The quantitative estimate of drug-likeness (QED) is 0.324. The highest BCUT2D eigenvalue weighted by Crippen LogP contribution is 1.68. The normalized spacial score (nSPS) is 6.25. The Morgan fingerprint density at radius 1 is 1.00 bits per heavy atom. The van der Waals surface area contributed by atoms with Gasteiger partial charge in [0.2, 0.25) is 0 Å². The van der Waals surface area contributed by atoms with Crippen molar-refractivity contribution >= 4 is 11.6 Å². The van der Waals surface area contributed by atoms with Crippen LogP contribution in [0.4, 0.5) is 0 Å². The van der Waals surface area contributed by atoms with Gasteiger partial charge in [-0.25, -0.2) is 0 Å². The molecule has 0 atom stereocenters. The van der Waals surface area contributed by atoms with E-state index in [1.165, 1.54) is 0 Å². The van der Waals surface area contributed by atoms with Crippen molar-refractivity contribution < 1.29 is 9.59 Å². The molecule has 0 aliphatic carbocycles. The summed E-state index contributed by atoms with van der Waals surface area (Å²) in [7, 11) is 0. The first-order valence-corrected chi connectivity index (χ1v) is 1.61. The zero-order chi connectivity index (χ0) is 6.57. The summed E-state index contributed by atoms with van der Waals surface area (Å²) in [5, 5.41) is 15.3. The molecule has 0 amide bonds. The van der Waals surface area contributed by atoms with Crippen molar-refractivity contribution in [3.05, 3.63) is 0 Å². The Morgan fingerprint density at radius 3 is 1.38 bits per heavy atom. The van der Waals surface area contributed by atoms with Gasteiger partial charge in [-0.3, -0.25) is 9.59 Å². The summed E-state index contributed by atoms with van der Waals surface area (Å²) >= 11 is 0. The van der Waals surface area contributed by atoms with Crippen LogP contribution in [-0.2, 0) is 9.59 Å². The molecule has 0 heterocycles. The van der Waals surface area contributed by atoms with Gasteiger partial charge in [-0.2, -0.15) is 10.5 Å². The van der Waals surface area contributed by atoms with E-state index in [-0.39, 0.29) is 0 Å². The molecule has 0 aliphatic heterocycles. The summed E-state index contributed by atoms with van der Waals surface area (Å²) in [5.74, 6) is -2.62. The number of hydrogen-bond acceptors (Lipinski definition) is 4. The van der Waals surface area contributed by atoms with Crippen LogP contribution in [0.5, 0.6) is 0 Å². The minimum atomic E-state index is -1.31. The smallest absolute Gasteiger partial charge is 0.272 e. The Kier molecular flexibility index (Phi) is 1.96. The lowest BCUT2D eigenvalue weighted by Crippen LogP contribution is -2.06. The number of nitriles is 2. The third kappa shape index (κ3) is 1.19. The van der Waals surface area contributed by atoms with Gasteiger partial charge in [-0.15, -0.1) is 0 Å². The maximum Gasteiger partial charge on any atom is 0.312 e. The topological polar surface area (TPSA) is 81.7 Å². The minimum absolute atomic E-state index is 1.00. The molecule has 0 N–H and O–H groups in total. The molecule has 0 unspecified atom stereocenters. The van der Waals surface area contributed by atoms with Gasteiger partial charge < -0.3 is 0 Å². The molecule has 8 heavy (non-hydrogen) atoms. The van der Waals surface area contributed by atoms with Crippen LogP contribution >= 0.6 is 0 Å². The van der Waals surface area contributed by atoms with Crippen LogP contribution in [-0.4, -0.2) is 11.6 Å². The zero-order valence-electron chi connectivity index (χ0n) is 3.71. The van der Waals surface area contributed by atoms with Crippen LogP contribution in [0.2, 0.25) is 0 Å². The summed E-state index contributed by atoms with van der Waals surface area (Å²) in [6.45, 7) is 0. The van der Waals surface area contributed by atoms with E-state index in [9.17, 15) is 9.59 Å². The van der Waals surface area contributed by atoms with Gasteiger partial charge in [0.05, 0.1) is 0 Å². The van der Waals surface area contributed by atoms with Gasteiger partial charge in [-0.1, -0.05) is 0 Å². The van der Waals surface area contributed by atoms with Crippen LogP contribution in [0, 0.1) is 22.7 Å². The molecule has 0 aromatic heterocycles. The van der Waals surface area contributed by atoms with Gasteiger partial charge in [-0.05, 0) is 0 Å². The fourth-order valence-corrected chi connectivity index (χ4v) is 0.102. The van der Waals surface area contributed by atoms with Gasteiger partial charge in [0.15, 0.2) is 0 Å². The van der Waals surface area contributed by atoms with Crippen molar-refractivity contribution in [3.63, 3.8) is 0 Å². The first kappa shape index (κ1) is 6.32. The molecular formula is C4N2O2. The maximum atomic E-state index is 9.81. The minimum Gasteiger partial charge on any atom is -0.272 e. The molecule has 4 nitrogen and oxygen atoms in total. The van der Waals surface area contributed by atoms with Crippen LogP contribution in [0.25, 0.3) is 0 Å². The molecule has 0 saturated heterocycles. The van der Waals surface area contributed by atoms with Crippen molar-refractivity contribution in [2.45, 2.75) is 0 Å². The van der Waals surface area contributed by atoms with Crippen molar-refractivity contribution in [2.24, 2.45) is 0 Å². The zero-order valence-corrected chi connectivity index (χ0v) is 3.71. The Hall–Kier alpha value is -1.68. The van der Waals surface area contributed by atoms with Crippen LogP contribution in [0.15, 0.2) is 0 Å². The average molecular weight is 108 g/mol. The van der Waals surface area contributed by atoms with Gasteiger partial charge in [0, 0.05) is 0 Å². The second-order valence-electron chi connectivity index (χ2n) is 0.882. The van der Waals surface area contributed by atoms with Crippen molar-refractivity contribution in [3.8, 4) is 12.1 Å². The second kappa shape index (κ2) is 2.49. The molecule has 0 radical (unpaired) electrons. The summed E-state index contributed by atoms with van der Waals surface area (Å²) in [4.78, 5) is 19.6. The van der Waals surface area contributed by atoms with E-state index in [2.05, 4.69) is 0 Å². The average Bonchev–Trinajstić information content (AvgIpc) is 1.84. The Balaban J connectivity index is 4.16. The monoisotopic (exact) mass is 108 g/mol. The lowest BCUT2D eigenvalue weighted by atomic mass is 10.3. The fourth-order valence-electron chi connectivity index (χ4n) is 0.102. The number of hydrogen-bond donors (Lipinski definition) is 0. The van der Waals surface area contributed by atoms with E-state index in [0.717, 1.165) is 12.1 Å². The van der Waals surface area contributed by atoms with Crippen LogP contribution in [0.3, 0.4) is 0 Å². The molecule has 0 bridgehead atoms. The van der Waals surface area contributed by atoms with Crippen molar-refractivity contribution in [1.29, 1.82) is 10.5 Å². The third-order valence-electron chi connectivity index (χ3n) is 0.409. The van der Waals surface area contributed by atoms with Crippen LogP contribution in [0.1, 0.15) is 0 Å². The molecule has 0 saturated carbocycles. The van der Waals surface area contributed by atoms with E-state index < -0.39 is 11.6 Å².